The molecular weight excluding hydrogens is 309 g/mol. The quantitative estimate of drug-likeness (QED) is 0.807. The number of piperidine rings is 1. The van der Waals surface area contributed by atoms with Crippen LogP contribution in [0.1, 0.15) is 45.4 Å². The highest BCUT2D eigenvalue weighted by Crippen LogP contribution is 2.26. The number of nitrogens with two attached hydrogens (primary N) is 1. The van der Waals surface area contributed by atoms with Gasteiger partial charge in [0.15, 0.2) is 0 Å². The summed E-state index contributed by atoms with van der Waals surface area (Å²) in [4.78, 5) is 14.3. The first-order valence-corrected chi connectivity index (χ1v) is 7.90. The molecule has 0 spiro atoms. The lowest BCUT2D eigenvalue weighted by Gasteiger charge is -2.30. The van der Waals surface area contributed by atoms with Crippen LogP contribution < -0.4 is 11.1 Å². The maximum Gasteiger partial charge on any atom is 0.220 e. The number of carbonyl (C=O) groups excluding carboxylic acids is 1. The van der Waals surface area contributed by atoms with Crippen molar-refractivity contribution in [2.24, 2.45) is 17.6 Å². The zero-order valence-electron chi connectivity index (χ0n) is 13.1. The van der Waals surface area contributed by atoms with E-state index in [2.05, 4.69) is 17.1 Å². The molecule has 126 valence electrons. The second-order valence-electron chi connectivity index (χ2n) is 6.46. The summed E-state index contributed by atoms with van der Waals surface area (Å²) in [5.41, 5.74) is 6.00. The van der Waals surface area contributed by atoms with Crippen LogP contribution in [0.25, 0.3) is 0 Å². The van der Waals surface area contributed by atoms with E-state index in [0.717, 1.165) is 31.8 Å². The van der Waals surface area contributed by atoms with Crippen molar-refractivity contribution in [1.82, 2.24) is 10.2 Å². The number of rotatable bonds is 5. The number of carbonyl (C=O) groups is 1. The van der Waals surface area contributed by atoms with E-state index in [-0.39, 0.29) is 36.8 Å². The molecule has 1 saturated heterocycles. The fraction of sp³-hybridized carbons (Fsp3) is 0.933. The van der Waals surface area contributed by atoms with Crippen LogP contribution in [0.15, 0.2) is 0 Å². The molecule has 3 atom stereocenters. The molecule has 2 fully saturated rings. The van der Waals surface area contributed by atoms with E-state index >= 15 is 0 Å². The average molecular weight is 340 g/mol. The summed E-state index contributed by atoms with van der Waals surface area (Å²) in [6.07, 6.45) is 6.67. The Morgan fingerprint density at radius 1 is 1.24 bits per heavy atom. The van der Waals surface area contributed by atoms with Crippen molar-refractivity contribution in [3.05, 3.63) is 0 Å². The largest absolute Gasteiger partial charge is 0.355 e. The number of hydrogen-bond donors (Lipinski definition) is 2. The lowest BCUT2D eigenvalue weighted by atomic mass is 10.00. The van der Waals surface area contributed by atoms with Crippen molar-refractivity contribution in [2.45, 2.75) is 51.5 Å². The monoisotopic (exact) mass is 339 g/mol. The number of amides is 1. The molecule has 2 aliphatic rings. The molecule has 0 radical (unpaired) electrons. The minimum Gasteiger partial charge on any atom is -0.355 e. The summed E-state index contributed by atoms with van der Waals surface area (Å²) >= 11 is 0. The minimum absolute atomic E-state index is 0. The predicted molar refractivity (Wildman–Crippen MR) is 92.3 cm³/mol. The van der Waals surface area contributed by atoms with Gasteiger partial charge in [-0.05, 0) is 44.1 Å². The van der Waals surface area contributed by atoms with Crippen LogP contribution in [0.3, 0.4) is 0 Å². The molecule has 1 aliphatic heterocycles. The molecule has 0 aromatic heterocycles. The molecule has 1 heterocycles. The van der Waals surface area contributed by atoms with Gasteiger partial charge in [0.1, 0.15) is 0 Å². The van der Waals surface area contributed by atoms with E-state index in [1.165, 1.54) is 32.4 Å². The van der Waals surface area contributed by atoms with Gasteiger partial charge in [0.05, 0.1) is 0 Å². The molecule has 3 N–H and O–H groups in total. The molecule has 1 amide bonds. The summed E-state index contributed by atoms with van der Waals surface area (Å²) in [7, 11) is 0. The normalized spacial score (nSPS) is 29.3. The summed E-state index contributed by atoms with van der Waals surface area (Å²) in [6.45, 7) is 6.46. The zero-order chi connectivity index (χ0) is 13.7. The van der Waals surface area contributed by atoms with Crippen molar-refractivity contribution in [3.63, 3.8) is 0 Å². The molecule has 21 heavy (non-hydrogen) atoms. The molecule has 1 aliphatic carbocycles. The number of hydrogen-bond acceptors (Lipinski definition) is 3. The standard InChI is InChI=1S/C15H29N3O.2ClH/c1-12-4-3-8-18(11-12)9-7-17-15(19)10-13-5-2-6-14(13)16;;/h12-14H,2-11,16H2,1H3,(H,17,19);2*1H/t12?,13-,14+;;/m0../s1. The Bertz CT molecular complexity index is 305. The second-order valence-corrected chi connectivity index (χ2v) is 6.46. The molecule has 0 aromatic rings. The van der Waals surface area contributed by atoms with E-state index in [4.69, 9.17) is 5.73 Å². The molecular formula is C15H31Cl2N3O. The Balaban J connectivity index is 0.00000200. The van der Waals surface area contributed by atoms with Crippen LogP contribution in [0.2, 0.25) is 0 Å². The van der Waals surface area contributed by atoms with E-state index in [9.17, 15) is 4.79 Å². The van der Waals surface area contributed by atoms with Gasteiger partial charge in [-0.25, -0.2) is 0 Å². The van der Waals surface area contributed by atoms with Crippen molar-refractivity contribution in [1.29, 1.82) is 0 Å². The van der Waals surface area contributed by atoms with Gasteiger partial charge in [-0.3, -0.25) is 4.79 Å². The Labute approximate surface area is 141 Å². The highest BCUT2D eigenvalue weighted by molar-refractivity contribution is 5.85. The van der Waals surface area contributed by atoms with E-state index in [1.54, 1.807) is 0 Å². The van der Waals surface area contributed by atoms with Crippen molar-refractivity contribution < 1.29 is 4.79 Å². The van der Waals surface area contributed by atoms with Crippen molar-refractivity contribution in [3.8, 4) is 0 Å². The van der Waals surface area contributed by atoms with Gasteiger partial charge in [0.2, 0.25) is 5.91 Å². The zero-order valence-corrected chi connectivity index (χ0v) is 14.7. The fourth-order valence-corrected chi connectivity index (χ4v) is 3.47. The fourth-order valence-electron chi connectivity index (χ4n) is 3.47. The van der Waals surface area contributed by atoms with Gasteiger partial charge in [-0.2, -0.15) is 0 Å². The van der Waals surface area contributed by atoms with Crippen LogP contribution in [-0.4, -0.2) is 43.0 Å². The van der Waals surface area contributed by atoms with Gasteiger partial charge < -0.3 is 16.0 Å². The molecule has 1 unspecified atom stereocenters. The van der Waals surface area contributed by atoms with E-state index in [0.29, 0.717) is 12.3 Å². The molecule has 0 bridgehead atoms. The molecule has 1 saturated carbocycles. The van der Waals surface area contributed by atoms with Crippen LogP contribution in [-0.2, 0) is 4.79 Å². The second kappa shape index (κ2) is 10.7. The van der Waals surface area contributed by atoms with Crippen LogP contribution in [0, 0.1) is 11.8 Å². The summed E-state index contributed by atoms with van der Waals surface area (Å²) in [5.74, 6) is 1.41. The minimum atomic E-state index is 0. The summed E-state index contributed by atoms with van der Waals surface area (Å²) in [6, 6.07) is 0.244. The molecule has 4 nitrogen and oxygen atoms in total. The lowest BCUT2D eigenvalue weighted by molar-refractivity contribution is -0.122. The Morgan fingerprint density at radius 2 is 2.00 bits per heavy atom. The first-order chi connectivity index (χ1) is 9.15. The van der Waals surface area contributed by atoms with Gasteiger partial charge in [0, 0.05) is 32.1 Å². The predicted octanol–water partition coefficient (Wildman–Crippen LogP) is 2.20. The van der Waals surface area contributed by atoms with E-state index < -0.39 is 0 Å². The maximum atomic E-state index is 11.9. The Morgan fingerprint density at radius 3 is 2.62 bits per heavy atom. The third kappa shape index (κ3) is 7.18. The first kappa shape index (κ1) is 21.0. The van der Waals surface area contributed by atoms with Gasteiger partial charge in [-0.1, -0.05) is 13.3 Å². The third-order valence-electron chi connectivity index (χ3n) is 4.66. The highest BCUT2D eigenvalue weighted by atomic mass is 35.5. The highest BCUT2D eigenvalue weighted by Gasteiger charge is 2.25. The summed E-state index contributed by atoms with van der Waals surface area (Å²) in [5, 5.41) is 3.06. The van der Waals surface area contributed by atoms with Crippen LogP contribution >= 0.6 is 24.8 Å². The first-order valence-electron chi connectivity index (χ1n) is 7.90. The number of likely N-dealkylation sites (tertiary alicyclic amines) is 1. The van der Waals surface area contributed by atoms with E-state index in [1.807, 2.05) is 0 Å². The third-order valence-corrected chi connectivity index (χ3v) is 4.66. The maximum absolute atomic E-state index is 11.9. The SMILES string of the molecule is CC1CCCN(CCNC(=O)C[C@@H]2CCC[C@H]2N)C1.Cl.Cl. The van der Waals surface area contributed by atoms with Crippen molar-refractivity contribution in [2.75, 3.05) is 26.2 Å². The topological polar surface area (TPSA) is 58.4 Å². The lowest BCUT2D eigenvalue weighted by Crippen LogP contribution is -2.40. The van der Waals surface area contributed by atoms with Crippen LogP contribution in [0.5, 0.6) is 0 Å². The molecule has 6 heteroatoms. The number of halogens is 2. The smallest absolute Gasteiger partial charge is 0.220 e. The van der Waals surface area contributed by atoms with Crippen molar-refractivity contribution >= 4 is 30.7 Å². The Hall–Kier alpha value is -0.0300. The van der Waals surface area contributed by atoms with Crippen LogP contribution in [0.4, 0.5) is 0 Å². The number of nitrogens with zero attached hydrogens (tertiary/aromatic N) is 1. The summed E-state index contributed by atoms with van der Waals surface area (Å²) < 4.78 is 0. The van der Waals surface area contributed by atoms with Gasteiger partial charge in [0.25, 0.3) is 0 Å². The van der Waals surface area contributed by atoms with Gasteiger partial charge >= 0.3 is 0 Å². The molecule has 2 rings (SSSR count). The molecule has 0 aromatic carbocycles. The van der Waals surface area contributed by atoms with Gasteiger partial charge in [-0.15, -0.1) is 24.8 Å². The average Bonchev–Trinajstić information content (AvgIpc) is 2.75. The number of nitrogens with one attached hydrogen (secondary N) is 1. The Kier molecular flexibility index (Phi) is 10.6.